The lowest BCUT2D eigenvalue weighted by Crippen LogP contribution is -2.17. The topological polar surface area (TPSA) is 46.5 Å². The third kappa shape index (κ3) is 23.3. The van der Waals surface area contributed by atoms with Crippen LogP contribution in [0.5, 0.6) is 0 Å². The van der Waals surface area contributed by atoms with E-state index in [0.29, 0.717) is 12.8 Å². The molecule has 3 nitrogen and oxygen atoms in total. The summed E-state index contributed by atoms with van der Waals surface area (Å²) in [4.78, 5) is 11.5. The highest BCUT2D eigenvalue weighted by atomic mass is 16.5. The molecule has 0 saturated heterocycles. The summed E-state index contributed by atoms with van der Waals surface area (Å²) in [5.74, 6) is -0.168. The second kappa shape index (κ2) is 23.4. The number of aliphatic hydroxyl groups excluding tert-OH is 1. The largest absolute Gasteiger partial charge is 0.463 e. The van der Waals surface area contributed by atoms with E-state index in [-0.39, 0.29) is 12.6 Å². The Morgan fingerprint density at radius 2 is 1.17 bits per heavy atom. The number of carbonyl (C=O) groups is 1. The van der Waals surface area contributed by atoms with Crippen LogP contribution in [0.25, 0.3) is 0 Å². The summed E-state index contributed by atoms with van der Waals surface area (Å²) in [6, 6.07) is 0. The van der Waals surface area contributed by atoms with Crippen molar-refractivity contribution >= 4 is 5.97 Å². The standard InChI is InChI=1S/C26H50O3/c1-3-5-6-7-8-9-10-11-12-13-14-15-16-17-18-19-20-21-22-23-26(28)29-24-25(27)4-2/h11-12,25,27H,3-10,13-24H2,1-2H3/b12-11-. The number of ether oxygens (including phenoxy) is 1. The molecule has 0 aliphatic carbocycles. The zero-order valence-electron chi connectivity index (χ0n) is 19.6. The minimum absolute atomic E-state index is 0.143. The van der Waals surface area contributed by atoms with Crippen LogP contribution in [0, 0.1) is 0 Å². The molecule has 1 unspecified atom stereocenters. The SMILES string of the molecule is CCCCCCCC/C=C\CCCCCCCCCCCC(=O)OCC(O)CC. The van der Waals surface area contributed by atoms with E-state index >= 15 is 0 Å². The summed E-state index contributed by atoms with van der Waals surface area (Å²) in [5.41, 5.74) is 0. The smallest absolute Gasteiger partial charge is 0.305 e. The Balaban J connectivity index is 3.18. The Bertz CT molecular complexity index is 365. The highest BCUT2D eigenvalue weighted by Crippen LogP contribution is 2.12. The van der Waals surface area contributed by atoms with E-state index in [1.165, 1.54) is 96.3 Å². The summed E-state index contributed by atoms with van der Waals surface area (Å²) >= 11 is 0. The summed E-state index contributed by atoms with van der Waals surface area (Å²) in [6.07, 6.45) is 27.5. The molecule has 0 aliphatic rings. The molecule has 172 valence electrons. The first-order chi connectivity index (χ1) is 14.2. The first-order valence-electron chi connectivity index (χ1n) is 12.7. The van der Waals surface area contributed by atoms with Crippen molar-refractivity contribution in [3.8, 4) is 0 Å². The molecule has 0 bridgehead atoms. The van der Waals surface area contributed by atoms with Crippen LogP contribution in [0.15, 0.2) is 12.2 Å². The quantitative estimate of drug-likeness (QED) is 0.112. The van der Waals surface area contributed by atoms with Gasteiger partial charge in [-0.1, -0.05) is 103 Å². The van der Waals surface area contributed by atoms with Gasteiger partial charge in [0.25, 0.3) is 0 Å². The van der Waals surface area contributed by atoms with Crippen LogP contribution in [0.1, 0.15) is 136 Å². The van der Waals surface area contributed by atoms with Gasteiger partial charge in [0.15, 0.2) is 0 Å². The normalized spacial score (nSPS) is 12.5. The predicted octanol–water partition coefficient (Wildman–Crippen LogP) is 7.90. The van der Waals surface area contributed by atoms with Gasteiger partial charge in [-0.05, 0) is 38.5 Å². The fourth-order valence-corrected chi connectivity index (χ4v) is 3.43. The van der Waals surface area contributed by atoms with Crippen molar-refractivity contribution in [2.24, 2.45) is 0 Å². The first kappa shape index (κ1) is 28.2. The molecule has 29 heavy (non-hydrogen) atoms. The van der Waals surface area contributed by atoms with Crippen LogP contribution in [0.4, 0.5) is 0 Å². The molecule has 0 fully saturated rings. The van der Waals surface area contributed by atoms with E-state index in [0.717, 1.165) is 12.8 Å². The Hall–Kier alpha value is -0.830. The van der Waals surface area contributed by atoms with Crippen molar-refractivity contribution in [1.82, 2.24) is 0 Å². The van der Waals surface area contributed by atoms with Crippen molar-refractivity contribution < 1.29 is 14.6 Å². The predicted molar refractivity (Wildman–Crippen MR) is 125 cm³/mol. The van der Waals surface area contributed by atoms with E-state index in [1.54, 1.807) is 0 Å². The molecule has 0 radical (unpaired) electrons. The lowest BCUT2D eigenvalue weighted by atomic mass is 10.1. The minimum atomic E-state index is -0.514. The molecule has 0 aromatic rings. The van der Waals surface area contributed by atoms with Gasteiger partial charge in [-0.2, -0.15) is 0 Å². The van der Waals surface area contributed by atoms with Gasteiger partial charge in [-0.25, -0.2) is 0 Å². The summed E-state index contributed by atoms with van der Waals surface area (Å²) in [6.45, 7) is 4.30. The zero-order valence-corrected chi connectivity index (χ0v) is 19.6. The molecule has 0 aromatic heterocycles. The molecular formula is C26H50O3. The molecule has 0 spiro atoms. The molecule has 0 saturated carbocycles. The number of carbonyl (C=O) groups excluding carboxylic acids is 1. The fourth-order valence-electron chi connectivity index (χ4n) is 3.43. The summed E-state index contributed by atoms with van der Waals surface area (Å²) < 4.78 is 5.04. The number of rotatable bonds is 22. The second-order valence-corrected chi connectivity index (χ2v) is 8.49. The Kier molecular flexibility index (Phi) is 22.8. The molecule has 3 heteroatoms. The minimum Gasteiger partial charge on any atom is -0.463 e. The van der Waals surface area contributed by atoms with Crippen LogP contribution in [-0.2, 0) is 9.53 Å². The lowest BCUT2D eigenvalue weighted by molar-refractivity contribution is -0.146. The second-order valence-electron chi connectivity index (χ2n) is 8.49. The molecule has 0 amide bonds. The molecule has 1 atom stereocenters. The molecule has 1 N–H and O–H groups in total. The summed E-state index contributed by atoms with van der Waals surface area (Å²) in [7, 11) is 0. The van der Waals surface area contributed by atoms with Gasteiger partial charge in [0, 0.05) is 6.42 Å². The van der Waals surface area contributed by atoms with Gasteiger partial charge < -0.3 is 9.84 Å². The van der Waals surface area contributed by atoms with E-state index < -0.39 is 6.10 Å². The van der Waals surface area contributed by atoms with Gasteiger partial charge >= 0.3 is 5.97 Å². The Labute approximate surface area is 181 Å². The number of esters is 1. The number of hydrogen-bond acceptors (Lipinski definition) is 3. The maximum absolute atomic E-state index is 11.5. The van der Waals surface area contributed by atoms with Crippen molar-refractivity contribution in [2.75, 3.05) is 6.61 Å². The lowest BCUT2D eigenvalue weighted by Gasteiger charge is -2.08. The number of aliphatic hydroxyl groups is 1. The van der Waals surface area contributed by atoms with Crippen LogP contribution in [0.2, 0.25) is 0 Å². The van der Waals surface area contributed by atoms with Gasteiger partial charge in [-0.3, -0.25) is 4.79 Å². The molecular weight excluding hydrogens is 360 g/mol. The Morgan fingerprint density at radius 3 is 1.66 bits per heavy atom. The Morgan fingerprint density at radius 1 is 0.724 bits per heavy atom. The van der Waals surface area contributed by atoms with E-state index in [1.807, 2.05) is 6.92 Å². The van der Waals surface area contributed by atoms with Crippen LogP contribution >= 0.6 is 0 Å². The van der Waals surface area contributed by atoms with Gasteiger partial charge in [0.05, 0.1) is 6.10 Å². The monoisotopic (exact) mass is 410 g/mol. The number of hydrogen-bond donors (Lipinski definition) is 1. The van der Waals surface area contributed by atoms with Gasteiger partial charge in [0.1, 0.15) is 6.61 Å². The van der Waals surface area contributed by atoms with Gasteiger partial charge in [0.2, 0.25) is 0 Å². The highest BCUT2D eigenvalue weighted by Gasteiger charge is 2.06. The van der Waals surface area contributed by atoms with Crippen molar-refractivity contribution in [2.45, 2.75) is 142 Å². The molecule has 0 heterocycles. The highest BCUT2D eigenvalue weighted by molar-refractivity contribution is 5.69. The first-order valence-corrected chi connectivity index (χ1v) is 12.7. The van der Waals surface area contributed by atoms with E-state index in [4.69, 9.17) is 4.74 Å². The number of unbranched alkanes of at least 4 members (excludes halogenated alkanes) is 15. The van der Waals surface area contributed by atoms with Crippen molar-refractivity contribution in [3.05, 3.63) is 12.2 Å². The van der Waals surface area contributed by atoms with Crippen LogP contribution < -0.4 is 0 Å². The third-order valence-electron chi connectivity index (χ3n) is 5.55. The number of allylic oxidation sites excluding steroid dienone is 2. The van der Waals surface area contributed by atoms with Gasteiger partial charge in [-0.15, -0.1) is 0 Å². The van der Waals surface area contributed by atoms with E-state index in [9.17, 15) is 9.90 Å². The fraction of sp³-hybridized carbons (Fsp3) is 0.885. The third-order valence-corrected chi connectivity index (χ3v) is 5.55. The average molecular weight is 411 g/mol. The molecule has 0 aromatic carbocycles. The zero-order chi connectivity index (χ0) is 21.4. The maximum atomic E-state index is 11.5. The maximum Gasteiger partial charge on any atom is 0.305 e. The summed E-state index contributed by atoms with van der Waals surface area (Å²) in [5, 5.41) is 9.36. The van der Waals surface area contributed by atoms with Crippen LogP contribution in [0.3, 0.4) is 0 Å². The van der Waals surface area contributed by atoms with Crippen molar-refractivity contribution in [3.63, 3.8) is 0 Å². The van der Waals surface area contributed by atoms with Crippen LogP contribution in [-0.4, -0.2) is 23.8 Å². The van der Waals surface area contributed by atoms with Crippen molar-refractivity contribution in [1.29, 1.82) is 0 Å². The average Bonchev–Trinajstić information content (AvgIpc) is 2.73. The molecule has 0 aliphatic heterocycles. The molecule has 0 rings (SSSR count). The van der Waals surface area contributed by atoms with E-state index in [2.05, 4.69) is 19.1 Å².